The average Bonchev–Trinajstić information content (AvgIpc) is 2.41. The highest BCUT2D eigenvalue weighted by Crippen LogP contribution is 2.40. The van der Waals surface area contributed by atoms with E-state index in [-0.39, 0.29) is 35.6 Å². The van der Waals surface area contributed by atoms with Crippen LogP contribution in [-0.2, 0) is 14.4 Å². The minimum atomic E-state index is -0.546. The first-order valence-corrected chi connectivity index (χ1v) is 7.84. The van der Waals surface area contributed by atoms with E-state index in [1.54, 1.807) is 6.92 Å². The fourth-order valence-corrected chi connectivity index (χ4v) is 3.42. The van der Waals surface area contributed by atoms with Crippen LogP contribution >= 0.6 is 0 Å². The first-order chi connectivity index (χ1) is 9.70. The Morgan fingerprint density at radius 1 is 1.14 bits per heavy atom. The van der Waals surface area contributed by atoms with Gasteiger partial charge in [-0.3, -0.25) is 19.7 Å². The van der Waals surface area contributed by atoms with E-state index in [9.17, 15) is 14.4 Å². The van der Waals surface area contributed by atoms with Crippen molar-refractivity contribution in [2.75, 3.05) is 6.54 Å². The Hall–Kier alpha value is -1.39. The molecule has 3 amide bonds. The van der Waals surface area contributed by atoms with E-state index in [1.165, 1.54) is 4.90 Å². The molecule has 1 aliphatic carbocycles. The van der Waals surface area contributed by atoms with Crippen molar-refractivity contribution in [2.45, 2.75) is 59.4 Å². The van der Waals surface area contributed by atoms with Gasteiger partial charge in [-0.2, -0.15) is 0 Å². The molecule has 1 saturated heterocycles. The average molecular weight is 294 g/mol. The molecule has 0 bridgehead atoms. The molecular weight excluding hydrogens is 268 g/mol. The van der Waals surface area contributed by atoms with E-state index < -0.39 is 6.04 Å². The van der Waals surface area contributed by atoms with Gasteiger partial charge in [-0.05, 0) is 43.9 Å². The first-order valence-electron chi connectivity index (χ1n) is 7.84. The molecule has 21 heavy (non-hydrogen) atoms. The van der Waals surface area contributed by atoms with Crippen LogP contribution in [0, 0.1) is 17.3 Å². The van der Waals surface area contributed by atoms with Crippen LogP contribution in [-0.4, -0.2) is 35.2 Å². The lowest BCUT2D eigenvalue weighted by atomic mass is 9.69. The molecule has 2 aliphatic rings. The van der Waals surface area contributed by atoms with E-state index in [4.69, 9.17) is 0 Å². The maximum Gasteiger partial charge on any atom is 0.249 e. The third-order valence-corrected chi connectivity index (χ3v) is 5.01. The van der Waals surface area contributed by atoms with Crippen LogP contribution in [0.1, 0.15) is 53.4 Å². The van der Waals surface area contributed by atoms with Gasteiger partial charge in [-0.1, -0.05) is 20.8 Å². The lowest BCUT2D eigenvalue weighted by Gasteiger charge is -2.39. The van der Waals surface area contributed by atoms with E-state index in [2.05, 4.69) is 26.1 Å². The summed E-state index contributed by atoms with van der Waals surface area (Å²) in [4.78, 5) is 37.2. The van der Waals surface area contributed by atoms with Gasteiger partial charge in [0.1, 0.15) is 12.6 Å². The summed E-state index contributed by atoms with van der Waals surface area (Å²) in [6.45, 7) is 8.42. The molecule has 1 N–H and O–H groups in total. The summed E-state index contributed by atoms with van der Waals surface area (Å²) in [5.74, 6) is -0.175. The van der Waals surface area contributed by atoms with Crippen molar-refractivity contribution in [3.63, 3.8) is 0 Å². The Bertz CT molecular complexity index is 445. The maximum atomic E-state index is 12.6. The molecule has 1 heterocycles. The summed E-state index contributed by atoms with van der Waals surface area (Å²) in [6.07, 6.45) is 3.81. The SMILES string of the molecule is CC1C(=O)NC(=O)CN1C(=O)C1CCC(C(C)(C)C)CC1. The van der Waals surface area contributed by atoms with Gasteiger partial charge in [0.15, 0.2) is 0 Å². The lowest BCUT2D eigenvalue weighted by molar-refractivity contribution is -0.152. The highest BCUT2D eigenvalue weighted by atomic mass is 16.2. The standard InChI is InChI=1S/C16H26N2O3/c1-10-14(20)17-13(19)9-18(10)15(21)11-5-7-12(8-6-11)16(2,3)4/h10-12H,5-9H2,1-4H3,(H,17,19,20). The zero-order valence-electron chi connectivity index (χ0n) is 13.4. The molecule has 2 fully saturated rings. The highest BCUT2D eigenvalue weighted by molar-refractivity contribution is 6.04. The van der Waals surface area contributed by atoms with E-state index in [0.717, 1.165) is 25.7 Å². The lowest BCUT2D eigenvalue weighted by Crippen LogP contribution is -2.59. The number of carbonyl (C=O) groups excluding carboxylic acids is 3. The maximum absolute atomic E-state index is 12.6. The molecule has 0 aromatic heterocycles. The Balaban J connectivity index is 1.98. The van der Waals surface area contributed by atoms with Crippen molar-refractivity contribution in [3.05, 3.63) is 0 Å². The van der Waals surface area contributed by atoms with Crippen LogP contribution in [0.15, 0.2) is 0 Å². The van der Waals surface area contributed by atoms with Crippen LogP contribution in [0.4, 0.5) is 0 Å². The zero-order valence-corrected chi connectivity index (χ0v) is 13.4. The van der Waals surface area contributed by atoms with Crippen molar-refractivity contribution in [1.29, 1.82) is 0 Å². The summed E-state index contributed by atoms with van der Waals surface area (Å²) < 4.78 is 0. The van der Waals surface area contributed by atoms with E-state index in [0.29, 0.717) is 5.92 Å². The van der Waals surface area contributed by atoms with Gasteiger partial charge in [0.2, 0.25) is 17.7 Å². The third kappa shape index (κ3) is 3.44. The molecule has 5 nitrogen and oxygen atoms in total. The predicted octanol–water partition coefficient (Wildman–Crippen LogP) is 1.71. The molecule has 1 atom stereocenters. The first kappa shape index (κ1) is 16.0. The second kappa shape index (κ2) is 5.78. The van der Waals surface area contributed by atoms with Crippen molar-refractivity contribution in [2.24, 2.45) is 17.3 Å². The number of hydrogen-bond acceptors (Lipinski definition) is 3. The Labute approximate surface area is 126 Å². The summed E-state index contributed by atoms with van der Waals surface area (Å²) in [5, 5.41) is 2.27. The molecule has 1 saturated carbocycles. The second-order valence-corrected chi connectivity index (χ2v) is 7.47. The Kier molecular flexibility index (Phi) is 4.40. The molecule has 1 aliphatic heterocycles. The zero-order chi connectivity index (χ0) is 15.8. The van der Waals surface area contributed by atoms with E-state index >= 15 is 0 Å². The summed E-state index contributed by atoms with van der Waals surface area (Å²) in [5.41, 5.74) is 0.280. The third-order valence-electron chi connectivity index (χ3n) is 5.01. The van der Waals surface area contributed by atoms with Gasteiger partial charge in [-0.15, -0.1) is 0 Å². The number of carbonyl (C=O) groups is 3. The van der Waals surface area contributed by atoms with Gasteiger partial charge < -0.3 is 4.90 Å². The molecule has 5 heteroatoms. The molecule has 0 aromatic carbocycles. The van der Waals surface area contributed by atoms with Gasteiger partial charge in [0.05, 0.1) is 0 Å². The van der Waals surface area contributed by atoms with Crippen molar-refractivity contribution >= 4 is 17.7 Å². The monoisotopic (exact) mass is 294 g/mol. The number of hydrogen-bond donors (Lipinski definition) is 1. The summed E-state index contributed by atoms with van der Waals surface area (Å²) in [6, 6.07) is -0.546. The number of piperazine rings is 1. The number of nitrogens with one attached hydrogen (secondary N) is 1. The second-order valence-electron chi connectivity index (χ2n) is 7.47. The Morgan fingerprint density at radius 2 is 1.71 bits per heavy atom. The fourth-order valence-electron chi connectivity index (χ4n) is 3.42. The van der Waals surface area contributed by atoms with Crippen LogP contribution in [0.3, 0.4) is 0 Å². The molecule has 118 valence electrons. The Morgan fingerprint density at radius 3 is 2.24 bits per heavy atom. The molecule has 0 spiro atoms. The minimum Gasteiger partial charge on any atom is -0.321 e. The predicted molar refractivity (Wildman–Crippen MR) is 79.2 cm³/mol. The van der Waals surface area contributed by atoms with Gasteiger partial charge >= 0.3 is 0 Å². The molecule has 2 rings (SSSR count). The topological polar surface area (TPSA) is 66.5 Å². The van der Waals surface area contributed by atoms with Gasteiger partial charge in [-0.25, -0.2) is 0 Å². The largest absolute Gasteiger partial charge is 0.321 e. The summed E-state index contributed by atoms with van der Waals surface area (Å²) >= 11 is 0. The molecule has 0 aromatic rings. The number of amides is 3. The smallest absolute Gasteiger partial charge is 0.249 e. The molecular formula is C16H26N2O3. The fraction of sp³-hybridized carbons (Fsp3) is 0.812. The summed E-state index contributed by atoms with van der Waals surface area (Å²) in [7, 11) is 0. The molecule has 0 radical (unpaired) electrons. The van der Waals surface area contributed by atoms with Gasteiger partial charge in [0.25, 0.3) is 0 Å². The van der Waals surface area contributed by atoms with Crippen molar-refractivity contribution in [3.8, 4) is 0 Å². The highest BCUT2D eigenvalue weighted by Gasteiger charge is 2.39. The van der Waals surface area contributed by atoms with Crippen LogP contribution in [0.5, 0.6) is 0 Å². The number of imide groups is 1. The van der Waals surface area contributed by atoms with Crippen LogP contribution in [0.2, 0.25) is 0 Å². The number of rotatable bonds is 1. The quantitative estimate of drug-likeness (QED) is 0.749. The minimum absolute atomic E-state index is 0.00490. The van der Waals surface area contributed by atoms with Crippen molar-refractivity contribution in [1.82, 2.24) is 10.2 Å². The van der Waals surface area contributed by atoms with Crippen molar-refractivity contribution < 1.29 is 14.4 Å². The number of nitrogens with zero attached hydrogens (tertiary/aromatic N) is 1. The van der Waals surface area contributed by atoms with Crippen LogP contribution < -0.4 is 5.32 Å². The van der Waals surface area contributed by atoms with Gasteiger partial charge in [0, 0.05) is 5.92 Å². The molecule has 1 unspecified atom stereocenters. The normalized spacial score (nSPS) is 31.0. The van der Waals surface area contributed by atoms with E-state index in [1.807, 2.05) is 0 Å². The van der Waals surface area contributed by atoms with Crippen LogP contribution in [0.25, 0.3) is 0 Å².